The van der Waals surface area contributed by atoms with Crippen LogP contribution in [0.25, 0.3) is 0 Å². The summed E-state index contributed by atoms with van der Waals surface area (Å²) in [5.41, 5.74) is 1.15. The molecule has 4 rings (SSSR count). The standard InChI is InChI=1S/C22H29N3O3S/c1-22(2)7-3-10-24(13-8-22)20(26)17-14-19(29-15-17)16-5-11-25(12-6-16)21(27)18-4-9-23-28-18/h4,9,14-16H,3,5-8,10-13H2,1-2H3. The molecule has 156 valence electrons. The van der Waals surface area contributed by atoms with E-state index < -0.39 is 0 Å². The Morgan fingerprint density at radius 2 is 1.86 bits per heavy atom. The second-order valence-corrected chi connectivity index (χ2v) is 9.93. The molecule has 2 aromatic heterocycles. The van der Waals surface area contributed by atoms with Crippen LogP contribution < -0.4 is 0 Å². The van der Waals surface area contributed by atoms with Crippen molar-refractivity contribution in [2.24, 2.45) is 5.41 Å². The molecule has 0 aromatic carbocycles. The average molecular weight is 416 g/mol. The first kappa shape index (κ1) is 20.1. The normalized spacial score (nSPS) is 20.5. The van der Waals surface area contributed by atoms with Gasteiger partial charge in [-0.05, 0) is 49.5 Å². The number of hydrogen-bond donors (Lipinski definition) is 0. The number of rotatable bonds is 3. The molecule has 4 heterocycles. The molecule has 0 atom stereocenters. The second-order valence-electron chi connectivity index (χ2n) is 8.99. The van der Waals surface area contributed by atoms with E-state index in [1.54, 1.807) is 17.4 Å². The summed E-state index contributed by atoms with van der Waals surface area (Å²) in [6.07, 6.45) is 6.63. The first-order chi connectivity index (χ1) is 13.9. The van der Waals surface area contributed by atoms with Gasteiger partial charge in [-0.1, -0.05) is 19.0 Å². The Morgan fingerprint density at radius 3 is 2.59 bits per heavy atom. The zero-order valence-electron chi connectivity index (χ0n) is 17.2. The zero-order valence-corrected chi connectivity index (χ0v) is 18.0. The summed E-state index contributed by atoms with van der Waals surface area (Å²) < 4.78 is 4.99. The average Bonchev–Trinajstić information content (AvgIpc) is 3.39. The summed E-state index contributed by atoms with van der Waals surface area (Å²) in [7, 11) is 0. The van der Waals surface area contributed by atoms with Crippen LogP contribution in [0.3, 0.4) is 0 Å². The third-order valence-electron chi connectivity index (χ3n) is 6.33. The Bertz CT molecular complexity index is 851. The smallest absolute Gasteiger partial charge is 0.292 e. The summed E-state index contributed by atoms with van der Waals surface area (Å²) in [4.78, 5) is 30.5. The molecular formula is C22H29N3O3S. The topological polar surface area (TPSA) is 66.7 Å². The van der Waals surface area contributed by atoms with E-state index in [2.05, 4.69) is 25.1 Å². The number of piperidine rings is 1. The lowest BCUT2D eigenvalue weighted by molar-refractivity contribution is 0.0671. The van der Waals surface area contributed by atoms with Gasteiger partial charge < -0.3 is 14.3 Å². The Hall–Kier alpha value is -2.15. The predicted octanol–water partition coefficient (Wildman–Crippen LogP) is 4.41. The van der Waals surface area contributed by atoms with Crippen molar-refractivity contribution in [3.05, 3.63) is 39.9 Å². The molecule has 2 aliphatic rings. The maximum Gasteiger partial charge on any atom is 0.292 e. The van der Waals surface area contributed by atoms with Crippen molar-refractivity contribution in [1.82, 2.24) is 15.0 Å². The van der Waals surface area contributed by atoms with E-state index in [9.17, 15) is 9.59 Å². The number of thiophene rings is 1. The minimum absolute atomic E-state index is 0.0907. The summed E-state index contributed by atoms with van der Waals surface area (Å²) >= 11 is 1.68. The van der Waals surface area contributed by atoms with E-state index in [1.807, 2.05) is 15.2 Å². The van der Waals surface area contributed by atoms with Crippen LogP contribution in [-0.4, -0.2) is 52.9 Å². The quantitative estimate of drug-likeness (QED) is 0.745. The first-order valence-electron chi connectivity index (χ1n) is 10.5. The van der Waals surface area contributed by atoms with E-state index >= 15 is 0 Å². The van der Waals surface area contributed by atoms with E-state index in [0.717, 1.165) is 44.3 Å². The second kappa shape index (κ2) is 8.30. The fourth-order valence-electron chi connectivity index (χ4n) is 4.34. The van der Waals surface area contributed by atoms with Gasteiger partial charge >= 0.3 is 0 Å². The van der Waals surface area contributed by atoms with Crippen LogP contribution in [0.2, 0.25) is 0 Å². The van der Waals surface area contributed by atoms with Crippen LogP contribution in [0.4, 0.5) is 0 Å². The molecule has 2 aliphatic heterocycles. The molecule has 0 aliphatic carbocycles. The number of aromatic nitrogens is 1. The molecule has 2 saturated heterocycles. The molecule has 7 heteroatoms. The molecule has 6 nitrogen and oxygen atoms in total. The van der Waals surface area contributed by atoms with Gasteiger partial charge in [-0.25, -0.2) is 0 Å². The van der Waals surface area contributed by atoms with Crippen molar-refractivity contribution in [2.75, 3.05) is 26.2 Å². The van der Waals surface area contributed by atoms with Crippen molar-refractivity contribution in [3.8, 4) is 0 Å². The highest BCUT2D eigenvalue weighted by atomic mass is 32.1. The number of nitrogens with zero attached hydrogens (tertiary/aromatic N) is 3. The largest absolute Gasteiger partial charge is 0.351 e. The number of carbonyl (C=O) groups excluding carboxylic acids is 2. The first-order valence-corrected chi connectivity index (χ1v) is 11.4. The summed E-state index contributed by atoms with van der Waals surface area (Å²) in [6.45, 7) is 7.69. The summed E-state index contributed by atoms with van der Waals surface area (Å²) in [5, 5.41) is 5.63. The third-order valence-corrected chi connectivity index (χ3v) is 7.42. The number of hydrogen-bond acceptors (Lipinski definition) is 5. The molecular weight excluding hydrogens is 386 g/mol. The maximum absolute atomic E-state index is 13.0. The van der Waals surface area contributed by atoms with Gasteiger partial charge in [-0.3, -0.25) is 9.59 Å². The highest BCUT2D eigenvalue weighted by Gasteiger charge is 2.29. The van der Waals surface area contributed by atoms with Crippen LogP contribution in [-0.2, 0) is 0 Å². The zero-order chi connectivity index (χ0) is 20.4. The van der Waals surface area contributed by atoms with Gasteiger partial charge in [0.2, 0.25) is 5.76 Å². The lowest BCUT2D eigenvalue weighted by atomic mass is 9.85. The van der Waals surface area contributed by atoms with Gasteiger partial charge in [0.1, 0.15) is 0 Å². The SMILES string of the molecule is CC1(C)CCCN(C(=O)c2csc(C3CCN(C(=O)c4ccno4)CC3)c2)CC1. The highest BCUT2D eigenvalue weighted by Crippen LogP contribution is 2.34. The lowest BCUT2D eigenvalue weighted by Gasteiger charge is -2.30. The van der Waals surface area contributed by atoms with E-state index in [1.165, 1.54) is 17.5 Å². The number of carbonyl (C=O) groups is 2. The van der Waals surface area contributed by atoms with E-state index in [-0.39, 0.29) is 11.8 Å². The molecule has 29 heavy (non-hydrogen) atoms. The predicted molar refractivity (Wildman–Crippen MR) is 112 cm³/mol. The van der Waals surface area contributed by atoms with Crippen molar-refractivity contribution < 1.29 is 14.1 Å². The maximum atomic E-state index is 13.0. The minimum atomic E-state index is -0.0907. The molecule has 0 unspecified atom stereocenters. The number of amides is 2. The molecule has 2 aromatic rings. The Labute approximate surface area is 175 Å². The van der Waals surface area contributed by atoms with Gasteiger partial charge in [-0.15, -0.1) is 11.3 Å². The molecule has 0 radical (unpaired) electrons. The highest BCUT2D eigenvalue weighted by molar-refractivity contribution is 7.10. The molecule has 0 spiro atoms. The molecule has 0 N–H and O–H groups in total. The van der Waals surface area contributed by atoms with Crippen molar-refractivity contribution in [1.29, 1.82) is 0 Å². The van der Waals surface area contributed by atoms with Gasteiger partial charge in [0.05, 0.1) is 11.8 Å². The fraction of sp³-hybridized carbons (Fsp3) is 0.591. The van der Waals surface area contributed by atoms with Crippen LogP contribution in [0.1, 0.15) is 77.7 Å². The molecule has 0 bridgehead atoms. The van der Waals surface area contributed by atoms with Crippen molar-refractivity contribution >= 4 is 23.2 Å². The number of likely N-dealkylation sites (tertiary alicyclic amines) is 2. The van der Waals surface area contributed by atoms with Gasteiger partial charge in [0.15, 0.2) is 0 Å². The molecule has 2 amide bonds. The van der Waals surface area contributed by atoms with Crippen molar-refractivity contribution in [3.63, 3.8) is 0 Å². The van der Waals surface area contributed by atoms with Crippen LogP contribution >= 0.6 is 11.3 Å². The third kappa shape index (κ3) is 4.55. The minimum Gasteiger partial charge on any atom is -0.351 e. The monoisotopic (exact) mass is 415 g/mol. The summed E-state index contributed by atoms with van der Waals surface area (Å²) in [6, 6.07) is 3.69. The van der Waals surface area contributed by atoms with Crippen LogP contribution in [0.5, 0.6) is 0 Å². The fourth-order valence-corrected chi connectivity index (χ4v) is 5.39. The summed E-state index contributed by atoms with van der Waals surface area (Å²) in [5.74, 6) is 0.784. The Morgan fingerprint density at radius 1 is 1.10 bits per heavy atom. The van der Waals surface area contributed by atoms with Gasteiger partial charge in [0, 0.05) is 42.5 Å². The van der Waals surface area contributed by atoms with Gasteiger partial charge in [0.25, 0.3) is 11.8 Å². The Balaban J connectivity index is 1.35. The van der Waals surface area contributed by atoms with Crippen LogP contribution in [0.15, 0.2) is 28.2 Å². The van der Waals surface area contributed by atoms with E-state index in [4.69, 9.17) is 4.52 Å². The molecule has 2 fully saturated rings. The van der Waals surface area contributed by atoms with Crippen LogP contribution in [0, 0.1) is 5.41 Å². The molecule has 0 saturated carbocycles. The van der Waals surface area contributed by atoms with Gasteiger partial charge in [-0.2, -0.15) is 0 Å². The van der Waals surface area contributed by atoms with Crippen molar-refractivity contribution in [2.45, 2.75) is 51.9 Å². The van der Waals surface area contributed by atoms with E-state index in [0.29, 0.717) is 30.2 Å². The lowest BCUT2D eigenvalue weighted by Crippen LogP contribution is -2.37. The Kier molecular flexibility index (Phi) is 5.76.